The minimum absolute atomic E-state index is 0.156. The fraction of sp³-hybridized carbons (Fsp3) is 0.786. The van der Waals surface area contributed by atoms with Crippen LogP contribution in [0.3, 0.4) is 0 Å². The molecule has 0 aliphatic carbocycles. The molecule has 0 saturated carbocycles. The summed E-state index contributed by atoms with van der Waals surface area (Å²) in [6.07, 6.45) is 1.16. The second kappa shape index (κ2) is 5.96. The molecular weight excluding hydrogens is 228 g/mol. The molecule has 1 aromatic rings. The SMILES string of the molecule is CCNC(CC(C)C)c1nc(C(C)(C)C)cs1. The topological polar surface area (TPSA) is 24.9 Å². The molecule has 0 fully saturated rings. The van der Waals surface area contributed by atoms with E-state index in [1.807, 2.05) is 0 Å². The monoisotopic (exact) mass is 254 g/mol. The first-order valence-electron chi connectivity index (χ1n) is 6.53. The van der Waals surface area contributed by atoms with Gasteiger partial charge >= 0.3 is 0 Å². The van der Waals surface area contributed by atoms with Gasteiger partial charge in [0.25, 0.3) is 0 Å². The lowest BCUT2D eigenvalue weighted by Gasteiger charge is -2.18. The van der Waals surface area contributed by atoms with E-state index in [9.17, 15) is 0 Å². The summed E-state index contributed by atoms with van der Waals surface area (Å²) in [7, 11) is 0. The standard InChI is InChI=1S/C14H26N2S/c1-7-15-11(8-10(2)3)13-16-12(9-17-13)14(4,5)6/h9-11,15H,7-8H2,1-6H3. The molecular formula is C14H26N2S. The molecule has 1 atom stereocenters. The van der Waals surface area contributed by atoms with Gasteiger partial charge < -0.3 is 5.32 Å². The highest BCUT2D eigenvalue weighted by atomic mass is 32.1. The molecule has 0 aliphatic heterocycles. The smallest absolute Gasteiger partial charge is 0.110 e. The van der Waals surface area contributed by atoms with E-state index in [4.69, 9.17) is 4.98 Å². The summed E-state index contributed by atoms with van der Waals surface area (Å²) in [5.74, 6) is 0.695. The Labute approximate surface area is 110 Å². The lowest BCUT2D eigenvalue weighted by Crippen LogP contribution is -2.22. The van der Waals surface area contributed by atoms with Crippen LogP contribution in [0.2, 0.25) is 0 Å². The summed E-state index contributed by atoms with van der Waals surface area (Å²) in [5.41, 5.74) is 1.37. The van der Waals surface area contributed by atoms with Gasteiger partial charge in [0.15, 0.2) is 0 Å². The maximum atomic E-state index is 4.81. The van der Waals surface area contributed by atoms with Crippen LogP contribution in [0.5, 0.6) is 0 Å². The second-order valence-corrected chi connectivity index (χ2v) is 6.95. The Morgan fingerprint density at radius 3 is 2.41 bits per heavy atom. The van der Waals surface area contributed by atoms with Gasteiger partial charge in [-0.25, -0.2) is 4.98 Å². The highest BCUT2D eigenvalue weighted by Gasteiger charge is 2.21. The zero-order valence-corrected chi connectivity index (χ0v) is 12.8. The van der Waals surface area contributed by atoms with Crippen molar-refractivity contribution >= 4 is 11.3 Å². The number of aromatic nitrogens is 1. The van der Waals surface area contributed by atoms with Crippen LogP contribution in [-0.4, -0.2) is 11.5 Å². The third-order valence-corrected chi connectivity index (χ3v) is 3.70. The van der Waals surface area contributed by atoms with Crippen molar-refractivity contribution in [1.29, 1.82) is 0 Å². The highest BCUT2D eigenvalue weighted by Crippen LogP contribution is 2.29. The van der Waals surface area contributed by atoms with E-state index in [-0.39, 0.29) is 5.41 Å². The third kappa shape index (κ3) is 4.40. The molecule has 2 nitrogen and oxygen atoms in total. The Balaban J connectivity index is 2.84. The van der Waals surface area contributed by atoms with Crippen molar-refractivity contribution in [2.24, 2.45) is 5.92 Å². The molecule has 98 valence electrons. The van der Waals surface area contributed by atoms with Crippen molar-refractivity contribution in [1.82, 2.24) is 10.3 Å². The Bertz CT molecular complexity index is 336. The number of hydrogen-bond donors (Lipinski definition) is 1. The van der Waals surface area contributed by atoms with Gasteiger partial charge in [-0.05, 0) is 18.9 Å². The zero-order chi connectivity index (χ0) is 13.1. The van der Waals surface area contributed by atoms with Crippen molar-refractivity contribution in [2.75, 3.05) is 6.54 Å². The predicted octanol–water partition coefficient (Wildman–Crippen LogP) is 4.14. The van der Waals surface area contributed by atoms with Gasteiger partial charge in [-0.1, -0.05) is 41.5 Å². The van der Waals surface area contributed by atoms with Crippen molar-refractivity contribution in [3.8, 4) is 0 Å². The fourth-order valence-electron chi connectivity index (χ4n) is 1.78. The number of hydrogen-bond acceptors (Lipinski definition) is 3. The molecule has 3 heteroatoms. The summed E-state index contributed by atoms with van der Waals surface area (Å²) in [5, 5.41) is 6.99. The van der Waals surface area contributed by atoms with Crippen LogP contribution in [-0.2, 0) is 5.41 Å². The van der Waals surface area contributed by atoms with Crippen LogP contribution < -0.4 is 5.32 Å². The normalized spacial score (nSPS) is 14.3. The van der Waals surface area contributed by atoms with Crippen molar-refractivity contribution in [3.05, 3.63) is 16.1 Å². The minimum Gasteiger partial charge on any atom is -0.308 e. The first-order chi connectivity index (χ1) is 7.84. The summed E-state index contributed by atoms with van der Waals surface area (Å²) in [4.78, 5) is 4.81. The molecule has 0 bridgehead atoms. The molecule has 0 radical (unpaired) electrons. The molecule has 17 heavy (non-hydrogen) atoms. The number of rotatable bonds is 5. The van der Waals surface area contributed by atoms with Crippen LogP contribution >= 0.6 is 11.3 Å². The van der Waals surface area contributed by atoms with E-state index < -0.39 is 0 Å². The van der Waals surface area contributed by atoms with E-state index in [2.05, 4.69) is 52.2 Å². The Morgan fingerprint density at radius 1 is 1.35 bits per heavy atom. The molecule has 0 amide bonds. The molecule has 1 unspecified atom stereocenters. The van der Waals surface area contributed by atoms with Gasteiger partial charge in [-0.15, -0.1) is 11.3 Å². The van der Waals surface area contributed by atoms with Gasteiger partial charge in [0.1, 0.15) is 5.01 Å². The Morgan fingerprint density at radius 2 is 2.00 bits per heavy atom. The van der Waals surface area contributed by atoms with E-state index in [0.717, 1.165) is 13.0 Å². The van der Waals surface area contributed by atoms with Crippen LogP contribution in [0, 0.1) is 5.92 Å². The lowest BCUT2D eigenvalue weighted by molar-refractivity contribution is 0.434. The third-order valence-electron chi connectivity index (χ3n) is 2.75. The van der Waals surface area contributed by atoms with Gasteiger partial charge in [0, 0.05) is 10.8 Å². The summed E-state index contributed by atoms with van der Waals surface area (Å²) < 4.78 is 0. The molecule has 1 heterocycles. The van der Waals surface area contributed by atoms with Gasteiger partial charge in [-0.3, -0.25) is 0 Å². The summed E-state index contributed by atoms with van der Waals surface area (Å²) in [6.45, 7) is 14.3. The lowest BCUT2D eigenvalue weighted by atomic mass is 9.93. The van der Waals surface area contributed by atoms with Crippen molar-refractivity contribution < 1.29 is 0 Å². The molecule has 1 N–H and O–H groups in total. The van der Waals surface area contributed by atoms with E-state index >= 15 is 0 Å². The number of nitrogens with zero attached hydrogens (tertiary/aromatic N) is 1. The van der Waals surface area contributed by atoms with Gasteiger partial charge in [-0.2, -0.15) is 0 Å². The van der Waals surface area contributed by atoms with E-state index in [1.165, 1.54) is 10.7 Å². The van der Waals surface area contributed by atoms with Crippen LogP contribution in [0.15, 0.2) is 5.38 Å². The maximum absolute atomic E-state index is 4.81. The van der Waals surface area contributed by atoms with Crippen LogP contribution in [0.25, 0.3) is 0 Å². The second-order valence-electron chi connectivity index (χ2n) is 6.06. The molecule has 0 spiro atoms. The minimum atomic E-state index is 0.156. The van der Waals surface area contributed by atoms with Crippen molar-refractivity contribution in [2.45, 2.75) is 59.4 Å². The summed E-state index contributed by atoms with van der Waals surface area (Å²) >= 11 is 1.79. The van der Waals surface area contributed by atoms with Gasteiger partial charge in [0.05, 0.1) is 11.7 Å². The van der Waals surface area contributed by atoms with Crippen LogP contribution in [0.4, 0.5) is 0 Å². The molecule has 0 aliphatic rings. The fourth-order valence-corrected chi connectivity index (χ4v) is 2.91. The number of thiazole rings is 1. The van der Waals surface area contributed by atoms with Gasteiger partial charge in [0.2, 0.25) is 0 Å². The largest absolute Gasteiger partial charge is 0.308 e. The summed E-state index contributed by atoms with van der Waals surface area (Å²) in [6, 6.07) is 0.418. The van der Waals surface area contributed by atoms with Crippen molar-refractivity contribution in [3.63, 3.8) is 0 Å². The first kappa shape index (κ1) is 14.7. The molecule has 1 aromatic heterocycles. The Kier molecular flexibility index (Phi) is 5.14. The molecule has 0 aromatic carbocycles. The number of nitrogens with one attached hydrogen (secondary N) is 1. The maximum Gasteiger partial charge on any atom is 0.110 e. The van der Waals surface area contributed by atoms with E-state index in [0.29, 0.717) is 12.0 Å². The quantitative estimate of drug-likeness (QED) is 0.854. The average Bonchev–Trinajstić information content (AvgIpc) is 2.64. The van der Waals surface area contributed by atoms with Crippen LogP contribution in [0.1, 0.15) is 64.7 Å². The Hall–Kier alpha value is -0.410. The predicted molar refractivity (Wildman–Crippen MR) is 76.7 cm³/mol. The zero-order valence-electron chi connectivity index (χ0n) is 12.0. The first-order valence-corrected chi connectivity index (χ1v) is 7.41. The average molecular weight is 254 g/mol. The molecule has 1 rings (SSSR count). The molecule has 0 saturated heterocycles. The highest BCUT2D eigenvalue weighted by molar-refractivity contribution is 7.09. The van der Waals surface area contributed by atoms with E-state index in [1.54, 1.807) is 11.3 Å².